The van der Waals surface area contributed by atoms with Crippen molar-refractivity contribution >= 4 is 5.69 Å². The summed E-state index contributed by atoms with van der Waals surface area (Å²) in [6.07, 6.45) is -1.15. The molecule has 1 aromatic carbocycles. The lowest BCUT2D eigenvalue weighted by Gasteiger charge is -1.98. The molecule has 2 rings (SSSR count). The molecule has 0 bridgehead atoms. The zero-order valence-corrected chi connectivity index (χ0v) is 8.35. The average Bonchev–Trinajstić information content (AvgIpc) is 2.65. The van der Waals surface area contributed by atoms with E-state index in [1.165, 1.54) is 6.33 Å². The summed E-state index contributed by atoms with van der Waals surface area (Å²) < 4.78 is 25.3. The number of nitrogens with two attached hydrogens (primary N) is 1. The van der Waals surface area contributed by atoms with E-state index in [0.717, 1.165) is 4.68 Å². The minimum absolute atomic E-state index is 0.396. The highest BCUT2D eigenvalue weighted by Gasteiger charge is 2.08. The SMILES string of the molecule is Nc1cccc(-c2ncn(CC(F)F)n2)c1. The fraction of sp³-hybridized carbons (Fsp3) is 0.200. The van der Waals surface area contributed by atoms with E-state index in [2.05, 4.69) is 10.1 Å². The molecule has 0 saturated carbocycles. The van der Waals surface area contributed by atoms with Crippen molar-refractivity contribution in [3.05, 3.63) is 30.6 Å². The molecule has 1 heterocycles. The summed E-state index contributed by atoms with van der Waals surface area (Å²) in [5.74, 6) is 0.396. The predicted molar refractivity (Wildman–Crippen MR) is 55.9 cm³/mol. The van der Waals surface area contributed by atoms with Gasteiger partial charge in [0.05, 0.1) is 0 Å². The van der Waals surface area contributed by atoms with Crippen LogP contribution in [0.2, 0.25) is 0 Å². The van der Waals surface area contributed by atoms with Gasteiger partial charge in [-0.3, -0.25) is 0 Å². The summed E-state index contributed by atoms with van der Waals surface area (Å²) >= 11 is 0. The smallest absolute Gasteiger partial charge is 0.257 e. The van der Waals surface area contributed by atoms with Crippen LogP contribution >= 0.6 is 0 Å². The van der Waals surface area contributed by atoms with Gasteiger partial charge < -0.3 is 5.73 Å². The number of aromatic nitrogens is 3. The van der Waals surface area contributed by atoms with Crippen molar-refractivity contribution in [2.75, 3.05) is 5.73 Å². The van der Waals surface area contributed by atoms with Crippen molar-refractivity contribution in [3.8, 4) is 11.4 Å². The van der Waals surface area contributed by atoms with Gasteiger partial charge in [-0.2, -0.15) is 5.10 Å². The summed E-state index contributed by atoms with van der Waals surface area (Å²) in [6, 6.07) is 6.97. The Morgan fingerprint density at radius 2 is 2.19 bits per heavy atom. The van der Waals surface area contributed by atoms with Crippen molar-refractivity contribution in [1.82, 2.24) is 14.8 Å². The molecule has 2 N–H and O–H groups in total. The molecule has 16 heavy (non-hydrogen) atoms. The van der Waals surface area contributed by atoms with Gasteiger partial charge in [-0.25, -0.2) is 18.4 Å². The van der Waals surface area contributed by atoms with E-state index in [1.54, 1.807) is 24.3 Å². The van der Waals surface area contributed by atoms with Gasteiger partial charge in [-0.15, -0.1) is 0 Å². The van der Waals surface area contributed by atoms with E-state index in [0.29, 0.717) is 17.1 Å². The Bertz CT molecular complexity index is 481. The van der Waals surface area contributed by atoms with E-state index in [1.807, 2.05) is 0 Å². The number of halogens is 2. The number of anilines is 1. The van der Waals surface area contributed by atoms with E-state index >= 15 is 0 Å². The summed E-state index contributed by atoms with van der Waals surface area (Å²) in [7, 11) is 0. The van der Waals surface area contributed by atoms with Crippen LogP contribution in [0, 0.1) is 0 Å². The van der Waals surface area contributed by atoms with Crippen molar-refractivity contribution in [1.29, 1.82) is 0 Å². The largest absolute Gasteiger partial charge is 0.399 e. The maximum atomic E-state index is 12.1. The minimum atomic E-state index is -2.43. The first-order chi connectivity index (χ1) is 7.65. The second-order valence-electron chi connectivity index (χ2n) is 3.31. The number of nitrogen functional groups attached to an aromatic ring is 1. The molecule has 0 spiro atoms. The fourth-order valence-electron chi connectivity index (χ4n) is 1.33. The zero-order valence-electron chi connectivity index (χ0n) is 8.35. The maximum Gasteiger partial charge on any atom is 0.257 e. The minimum Gasteiger partial charge on any atom is -0.399 e. The molecule has 0 saturated heterocycles. The third-order valence-electron chi connectivity index (χ3n) is 2.01. The Hall–Kier alpha value is -1.98. The molecular formula is C10H10F2N4. The van der Waals surface area contributed by atoms with Crippen molar-refractivity contribution < 1.29 is 8.78 Å². The first kappa shape index (κ1) is 10.5. The summed E-state index contributed by atoms with van der Waals surface area (Å²) in [5, 5.41) is 3.93. The standard InChI is InChI=1S/C10H10F2N4/c11-9(12)5-16-6-14-10(15-16)7-2-1-3-8(13)4-7/h1-4,6,9H,5,13H2. The lowest BCUT2D eigenvalue weighted by atomic mass is 10.2. The quantitative estimate of drug-likeness (QED) is 0.808. The fourth-order valence-corrected chi connectivity index (χ4v) is 1.33. The van der Waals surface area contributed by atoms with E-state index in [-0.39, 0.29) is 0 Å². The molecule has 84 valence electrons. The number of alkyl halides is 2. The normalized spacial score (nSPS) is 10.9. The second-order valence-corrected chi connectivity index (χ2v) is 3.31. The molecule has 1 aromatic heterocycles. The molecule has 4 nitrogen and oxygen atoms in total. The lowest BCUT2D eigenvalue weighted by Crippen LogP contribution is -2.06. The first-order valence-electron chi connectivity index (χ1n) is 4.68. The van der Waals surface area contributed by atoms with Gasteiger partial charge in [-0.05, 0) is 12.1 Å². The van der Waals surface area contributed by atoms with Crippen LogP contribution in [0.15, 0.2) is 30.6 Å². The Balaban J connectivity index is 2.24. The molecule has 0 radical (unpaired) electrons. The molecule has 0 fully saturated rings. The molecule has 0 amide bonds. The van der Waals surface area contributed by atoms with Crippen LogP contribution in [-0.4, -0.2) is 21.2 Å². The number of hydrogen-bond acceptors (Lipinski definition) is 3. The Kier molecular flexibility index (Phi) is 2.80. The number of nitrogens with zero attached hydrogens (tertiary/aromatic N) is 3. The van der Waals surface area contributed by atoms with Crippen molar-refractivity contribution in [2.24, 2.45) is 0 Å². The van der Waals surface area contributed by atoms with Crippen LogP contribution in [0.25, 0.3) is 11.4 Å². The molecule has 0 unspecified atom stereocenters. The van der Waals surface area contributed by atoms with Gasteiger partial charge in [0.15, 0.2) is 5.82 Å². The average molecular weight is 224 g/mol. The summed E-state index contributed by atoms with van der Waals surface area (Å²) in [4.78, 5) is 3.94. The molecule has 2 aromatic rings. The van der Waals surface area contributed by atoms with Crippen LogP contribution in [0.1, 0.15) is 0 Å². The van der Waals surface area contributed by atoms with E-state index in [4.69, 9.17) is 5.73 Å². The van der Waals surface area contributed by atoms with Crippen LogP contribution in [0.3, 0.4) is 0 Å². The van der Waals surface area contributed by atoms with Gasteiger partial charge in [-0.1, -0.05) is 12.1 Å². The number of benzene rings is 1. The third kappa shape index (κ3) is 2.33. The Morgan fingerprint density at radius 3 is 2.88 bits per heavy atom. The molecular weight excluding hydrogens is 214 g/mol. The maximum absolute atomic E-state index is 12.1. The van der Waals surface area contributed by atoms with Crippen LogP contribution < -0.4 is 5.73 Å². The van der Waals surface area contributed by atoms with Gasteiger partial charge in [0.25, 0.3) is 6.43 Å². The summed E-state index contributed by atoms with van der Waals surface area (Å²) in [5.41, 5.74) is 6.90. The van der Waals surface area contributed by atoms with Crippen molar-refractivity contribution in [2.45, 2.75) is 13.0 Å². The highest BCUT2D eigenvalue weighted by atomic mass is 19.3. The summed E-state index contributed by atoms with van der Waals surface area (Å²) in [6.45, 7) is -0.449. The highest BCUT2D eigenvalue weighted by Crippen LogP contribution is 2.17. The van der Waals surface area contributed by atoms with E-state index in [9.17, 15) is 8.78 Å². The monoisotopic (exact) mass is 224 g/mol. The van der Waals surface area contributed by atoms with Crippen LogP contribution in [0.5, 0.6) is 0 Å². The van der Waals surface area contributed by atoms with E-state index < -0.39 is 13.0 Å². The Labute approximate surface area is 90.7 Å². The molecule has 0 aliphatic heterocycles. The molecule has 0 aliphatic rings. The molecule has 6 heteroatoms. The third-order valence-corrected chi connectivity index (χ3v) is 2.01. The first-order valence-corrected chi connectivity index (χ1v) is 4.68. The predicted octanol–water partition coefficient (Wildman–Crippen LogP) is 1.79. The number of rotatable bonds is 3. The topological polar surface area (TPSA) is 56.7 Å². The highest BCUT2D eigenvalue weighted by molar-refractivity contribution is 5.60. The molecule has 0 atom stereocenters. The Morgan fingerprint density at radius 1 is 1.38 bits per heavy atom. The van der Waals surface area contributed by atoms with Gasteiger partial charge in [0, 0.05) is 11.3 Å². The van der Waals surface area contributed by atoms with Crippen LogP contribution in [0.4, 0.5) is 14.5 Å². The number of hydrogen-bond donors (Lipinski definition) is 1. The van der Waals surface area contributed by atoms with Gasteiger partial charge in [0.1, 0.15) is 12.9 Å². The zero-order chi connectivity index (χ0) is 11.5. The van der Waals surface area contributed by atoms with Crippen molar-refractivity contribution in [3.63, 3.8) is 0 Å². The van der Waals surface area contributed by atoms with Gasteiger partial charge in [0.2, 0.25) is 0 Å². The second kappa shape index (κ2) is 4.26. The molecule has 0 aliphatic carbocycles. The van der Waals surface area contributed by atoms with Gasteiger partial charge >= 0.3 is 0 Å². The lowest BCUT2D eigenvalue weighted by molar-refractivity contribution is 0.122. The van der Waals surface area contributed by atoms with Crippen LogP contribution in [-0.2, 0) is 6.54 Å².